The fourth-order valence-corrected chi connectivity index (χ4v) is 1.73. The van der Waals surface area contributed by atoms with Gasteiger partial charge in [0.15, 0.2) is 5.76 Å². The van der Waals surface area contributed by atoms with Gasteiger partial charge in [0.25, 0.3) is 0 Å². The summed E-state index contributed by atoms with van der Waals surface area (Å²) >= 11 is 0. The largest absolute Gasteiger partial charge is 0.439 e. The van der Waals surface area contributed by atoms with E-state index in [4.69, 9.17) is 4.42 Å². The topological polar surface area (TPSA) is 38.1 Å². The Morgan fingerprint density at radius 1 is 1.26 bits per heavy atom. The van der Waals surface area contributed by atoms with Crippen LogP contribution >= 0.6 is 0 Å². The molecule has 0 unspecified atom stereocenters. The normalized spacial score (nSPS) is 10.9. The lowest BCUT2D eigenvalue weighted by atomic mass is 10.1. The summed E-state index contributed by atoms with van der Waals surface area (Å²) in [5.74, 6) is -0.406. The molecule has 0 amide bonds. The van der Waals surface area contributed by atoms with Gasteiger partial charge in [0.2, 0.25) is 5.89 Å². The molecule has 0 radical (unpaired) electrons. The average molecular weight is 266 g/mol. The first kappa shape index (κ1) is 13.7. The molecule has 1 N–H and O–H groups in total. The van der Waals surface area contributed by atoms with Crippen molar-refractivity contribution >= 4 is 0 Å². The second kappa shape index (κ2) is 5.93. The summed E-state index contributed by atoms with van der Waals surface area (Å²) in [6.07, 6.45) is 2.47. The standard InChI is InChI=1S/C14H16F2N2O/c1-3-4-17-8-14-18-7-13(19-14)10-5-9(2)11(15)6-12(10)16/h5-7,17H,3-4,8H2,1-2H3. The van der Waals surface area contributed by atoms with E-state index in [-0.39, 0.29) is 5.56 Å². The number of rotatable bonds is 5. The Balaban J connectivity index is 2.20. The zero-order chi connectivity index (χ0) is 13.8. The van der Waals surface area contributed by atoms with Crippen molar-refractivity contribution in [2.45, 2.75) is 26.8 Å². The molecule has 1 aromatic carbocycles. The maximum atomic E-state index is 13.7. The highest BCUT2D eigenvalue weighted by Crippen LogP contribution is 2.26. The van der Waals surface area contributed by atoms with Crippen molar-refractivity contribution < 1.29 is 13.2 Å². The van der Waals surface area contributed by atoms with E-state index in [9.17, 15) is 8.78 Å². The van der Waals surface area contributed by atoms with Gasteiger partial charge in [-0.05, 0) is 31.5 Å². The Bertz CT molecular complexity index is 567. The van der Waals surface area contributed by atoms with E-state index in [1.54, 1.807) is 6.92 Å². The molecule has 5 heteroatoms. The third kappa shape index (κ3) is 3.17. The van der Waals surface area contributed by atoms with Gasteiger partial charge in [-0.1, -0.05) is 6.92 Å². The van der Waals surface area contributed by atoms with Crippen LogP contribution in [0.15, 0.2) is 22.7 Å². The molecule has 0 atom stereocenters. The lowest BCUT2D eigenvalue weighted by Crippen LogP contribution is -2.13. The zero-order valence-corrected chi connectivity index (χ0v) is 11.0. The molecular weight excluding hydrogens is 250 g/mol. The van der Waals surface area contributed by atoms with Crippen LogP contribution in [0, 0.1) is 18.6 Å². The Kier molecular flexibility index (Phi) is 4.27. The van der Waals surface area contributed by atoms with Gasteiger partial charge >= 0.3 is 0 Å². The minimum absolute atomic E-state index is 0.230. The molecule has 1 heterocycles. The maximum Gasteiger partial charge on any atom is 0.208 e. The number of aromatic nitrogens is 1. The van der Waals surface area contributed by atoms with Crippen molar-refractivity contribution in [3.05, 3.63) is 41.4 Å². The van der Waals surface area contributed by atoms with Crippen LogP contribution in [0.5, 0.6) is 0 Å². The first-order chi connectivity index (χ1) is 9.11. The van der Waals surface area contributed by atoms with E-state index in [1.807, 2.05) is 0 Å². The number of hydrogen-bond donors (Lipinski definition) is 1. The SMILES string of the molecule is CCCNCc1ncc(-c2cc(C)c(F)cc2F)o1. The quantitative estimate of drug-likeness (QED) is 0.842. The smallest absolute Gasteiger partial charge is 0.208 e. The molecule has 0 fully saturated rings. The van der Waals surface area contributed by atoms with Gasteiger partial charge in [-0.25, -0.2) is 13.8 Å². The summed E-state index contributed by atoms with van der Waals surface area (Å²) in [5.41, 5.74) is 0.603. The first-order valence-corrected chi connectivity index (χ1v) is 6.23. The Morgan fingerprint density at radius 2 is 2.05 bits per heavy atom. The summed E-state index contributed by atoms with van der Waals surface area (Å²) in [4.78, 5) is 4.07. The van der Waals surface area contributed by atoms with Gasteiger partial charge < -0.3 is 9.73 Å². The lowest BCUT2D eigenvalue weighted by molar-refractivity contribution is 0.475. The van der Waals surface area contributed by atoms with E-state index >= 15 is 0 Å². The summed E-state index contributed by atoms with van der Waals surface area (Å²) in [6, 6.07) is 2.29. The predicted octanol–water partition coefficient (Wildman–Crippen LogP) is 3.43. The molecule has 19 heavy (non-hydrogen) atoms. The Hall–Kier alpha value is -1.75. The van der Waals surface area contributed by atoms with Crippen LogP contribution in [0.3, 0.4) is 0 Å². The van der Waals surface area contributed by atoms with Gasteiger partial charge in [-0.3, -0.25) is 0 Å². The van der Waals surface area contributed by atoms with Gasteiger partial charge in [-0.2, -0.15) is 0 Å². The van der Waals surface area contributed by atoms with Crippen LogP contribution in [0.25, 0.3) is 11.3 Å². The Labute approximate surface area is 110 Å². The molecule has 2 rings (SSSR count). The van der Waals surface area contributed by atoms with Crippen LogP contribution in [0.2, 0.25) is 0 Å². The highest BCUT2D eigenvalue weighted by atomic mass is 19.1. The van der Waals surface area contributed by atoms with E-state index in [0.717, 1.165) is 19.0 Å². The minimum atomic E-state index is -0.646. The minimum Gasteiger partial charge on any atom is -0.439 e. The van der Waals surface area contributed by atoms with Crippen molar-refractivity contribution in [2.75, 3.05) is 6.54 Å². The number of hydrogen-bond acceptors (Lipinski definition) is 3. The van der Waals surface area contributed by atoms with Crippen LogP contribution in [0.1, 0.15) is 24.8 Å². The summed E-state index contributed by atoms with van der Waals surface area (Å²) in [7, 11) is 0. The van der Waals surface area contributed by atoms with Crippen LogP contribution in [0.4, 0.5) is 8.78 Å². The highest BCUT2D eigenvalue weighted by molar-refractivity contribution is 5.58. The van der Waals surface area contributed by atoms with Crippen molar-refractivity contribution in [2.24, 2.45) is 0 Å². The molecule has 102 valence electrons. The molecule has 1 aromatic heterocycles. The van der Waals surface area contributed by atoms with Crippen LogP contribution < -0.4 is 5.32 Å². The fourth-order valence-electron chi connectivity index (χ4n) is 1.73. The summed E-state index contributed by atoms with van der Waals surface area (Å²) in [6.45, 7) is 5.00. The predicted molar refractivity (Wildman–Crippen MR) is 68.6 cm³/mol. The van der Waals surface area contributed by atoms with Crippen molar-refractivity contribution in [3.8, 4) is 11.3 Å². The maximum absolute atomic E-state index is 13.7. The molecule has 0 aliphatic rings. The van der Waals surface area contributed by atoms with Crippen molar-refractivity contribution in [1.82, 2.24) is 10.3 Å². The molecule has 0 aliphatic carbocycles. The number of benzene rings is 1. The number of nitrogens with one attached hydrogen (secondary N) is 1. The third-order valence-electron chi connectivity index (χ3n) is 2.77. The fraction of sp³-hybridized carbons (Fsp3) is 0.357. The van der Waals surface area contributed by atoms with Gasteiger partial charge in [0, 0.05) is 6.07 Å². The van der Waals surface area contributed by atoms with E-state index < -0.39 is 11.6 Å². The number of aryl methyl sites for hydroxylation is 1. The zero-order valence-electron chi connectivity index (χ0n) is 11.0. The van der Waals surface area contributed by atoms with Gasteiger partial charge in [0.05, 0.1) is 18.3 Å². The monoisotopic (exact) mass is 266 g/mol. The van der Waals surface area contributed by atoms with E-state index in [2.05, 4.69) is 17.2 Å². The molecular formula is C14H16F2N2O. The molecule has 0 aliphatic heterocycles. The molecule has 0 bridgehead atoms. The average Bonchev–Trinajstić information content (AvgIpc) is 2.83. The highest BCUT2D eigenvalue weighted by Gasteiger charge is 2.13. The molecule has 0 spiro atoms. The second-order valence-corrected chi connectivity index (χ2v) is 4.38. The van der Waals surface area contributed by atoms with Crippen molar-refractivity contribution in [1.29, 1.82) is 0 Å². The van der Waals surface area contributed by atoms with E-state index in [1.165, 1.54) is 12.3 Å². The molecule has 3 nitrogen and oxygen atoms in total. The number of halogens is 2. The molecule has 2 aromatic rings. The third-order valence-corrected chi connectivity index (χ3v) is 2.77. The Morgan fingerprint density at radius 3 is 2.79 bits per heavy atom. The van der Waals surface area contributed by atoms with Crippen LogP contribution in [-0.4, -0.2) is 11.5 Å². The lowest BCUT2D eigenvalue weighted by Gasteiger charge is -2.02. The molecule has 0 saturated carbocycles. The van der Waals surface area contributed by atoms with E-state index in [0.29, 0.717) is 23.8 Å². The van der Waals surface area contributed by atoms with Gasteiger partial charge in [-0.15, -0.1) is 0 Å². The summed E-state index contributed by atoms with van der Waals surface area (Å²) in [5, 5.41) is 3.14. The van der Waals surface area contributed by atoms with Gasteiger partial charge in [0.1, 0.15) is 11.6 Å². The number of oxazole rings is 1. The first-order valence-electron chi connectivity index (χ1n) is 6.23. The summed E-state index contributed by atoms with van der Waals surface area (Å²) < 4.78 is 32.3. The number of nitrogens with zero attached hydrogens (tertiary/aromatic N) is 1. The second-order valence-electron chi connectivity index (χ2n) is 4.38. The van der Waals surface area contributed by atoms with Crippen molar-refractivity contribution in [3.63, 3.8) is 0 Å². The van der Waals surface area contributed by atoms with Crippen LogP contribution in [-0.2, 0) is 6.54 Å². The molecule has 0 saturated heterocycles.